The molecule has 0 saturated carbocycles. The van der Waals surface area contributed by atoms with Crippen LogP contribution in [0.15, 0.2) is 48.7 Å². The van der Waals surface area contributed by atoms with Crippen LogP contribution in [0.1, 0.15) is 12.8 Å². The van der Waals surface area contributed by atoms with Gasteiger partial charge in [0, 0.05) is 37.9 Å². The van der Waals surface area contributed by atoms with Crippen LogP contribution in [0.3, 0.4) is 0 Å². The van der Waals surface area contributed by atoms with Crippen molar-refractivity contribution in [3.63, 3.8) is 0 Å². The summed E-state index contributed by atoms with van der Waals surface area (Å²) in [4.78, 5) is 19.0. The molecule has 2 aromatic rings. The van der Waals surface area contributed by atoms with Gasteiger partial charge in [-0.1, -0.05) is 18.2 Å². The molecule has 1 aromatic carbocycles. The summed E-state index contributed by atoms with van der Waals surface area (Å²) in [6.45, 7) is 1.82. The molecule has 23 heavy (non-hydrogen) atoms. The first-order valence-corrected chi connectivity index (χ1v) is 7.78. The average molecular weight is 312 g/mol. The van der Waals surface area contributed by atoms with E-state index in [1.807, 2.05) is 6.07 Å². The minimum absolute atomic E-state index is 0.0347. The molecule has 6 heteroatoms. The van der Waals surface area contributed by atoms with Gasteiger partial charge >= 0.3 is 0 Å². The molecule has 1 fully saturated rings. The molecule has 0 bridgehead atoms. The Morgan fingerprint density at radius 3 is 2.43 bits per heavy atom. The van der Waals surface area contributed by atoms with Gasteiger partial charge in [0.25, 0.3) is 5.69 Å². The van der Waals surface area contributed by atoms with Gasteiger partial charge in [-0.2, -0.15) is 0 Å². The second-order valence-electron chi connectivity index (χ2n) is 5.80. The van der Waals surface area contributed by atoms with Crippen LogP contribution in [0.25, 0.3) is 0 Å². The largest absolute Gasteiger partial charge is 0.371 e. The maximum absolute atomic E-state index is 10.7. The Morgan fingerprint density at radius 1 is 1.17 bits per heavy atom. The van der Waals surface area contributed by atoms with Crippen molar-refractivity contribution < 1.29 is 4.92 Å². The Labute approximate surface area is 135 Å². The number of hydrogen-bond acceptors (Lipinski definition) is 5. The van der Waals surface area contributed by atoms with Gasteiger partial charge < -0.3 is 9.80 Å². The summed E-state index contributed by atoms with van der Waals surface area (Å²) < 4.78 is 0. The molecule has 2 heterocycles. The number of piperidine rings is 1. The zero-order valence-corrected chi connectivity index (χ0v) is 13.1. The van der Waals surface area contributed by atoms with Crippen molar-refractivity contribution in [2.75, 3.05) is 29.9 Å². The summed E-state index contributed by atoms with van der Waals surface area (Å²) in [6.07, 6.45) is 3.42. The number of nitrogens with zero attached hydrogens (tertiary/aromatic N) is 4. The van der Waals surface area contributed by atoms with E-state index in [0.717, 1.165) is 31.7 Å². The molecule has 120 valence electrons. The summed E-state index contributed by atoms with van der Waals surface area (Å²) in [6, 6.07) is 14.2. The highest BCUT2D eigenvalue weighted by molar-refractivity contribution is 5.47. The van der Waals surface area contributed by atoms with Crippen LogP contribution in [-0.2, 0) is 0 Å². The van der Waals surface area contributed by atoms with E-state index in [1.165, 1.54) is 18.0 Å². The molecule has 0 atom stereocenters. The predicted octanol–water partition coefficient (Wildman–Crippen LogP) is 3.10. The Morgan fingerprint density at radius 2 is 1.87 bits per heavy atom. The van der Waals surface area contributed by atoms with Gasteiger partial charge in [0.2, 0.25) is 0 Å². The Bertz CT molecular complexity index is 652. The van der Waals surface area contributed by atoms with Crippen LogP contribution in [0.2, 0.25) is 0 Å². The van der Waals surface area contributed by atoms with E-state index in [1.54, 1.807) is 6.07 Å². The first-order valence-electron chi connectivity index (χ1n) is 7.78. The summed E-state index contributed by atoms with van der Waals surface area (Å²) >= 11 is 0. The van der Waals surface area contributed by atoms with E-state index in [2.05, 4.69) is 46.1 Å². The first kappa shape index (κ1) is 15.3. The number of hydrogen-bond donors (Lipinski definition) is 0. The topological polar surface area (TPSA) is 62.5 Å². The third kappa shape index (κ3) is 3.41. The minimum Gasteiger partial charge on any atom is -0.371 e. The summed E-state index contributed by atoms with van der Waals surface area (Å²) in [5.41, 5.74) is 1.27. The molecule has 0 radical (unpaired) electrons. The molecule has 0 N–H and O–H groups in total. The second-order valence-corrected chi connectivity index (χ2v) is 5.80. The van der Waals surface area contributed by atoms with Crippen molar-refractivity contribution in [1.82, 2.24) is 4.98 Å². The zero-order valence-electron chi connectivity index (χ0n) is 13.1. The molecule has 6 nitrogen and oxygen atoms in total. The van der Waals surface area contributed by atoms with Crippen molar-refractivity contribution in [2.45, 2.75) is 18.9 Å². The van der Waals surface area contributed by atoms with Gasteiger partial charge in [0.05, 0.1) is 4.92 Å². The molecule has 1 aliphatic heterocycles. The van der Waals surface area contributed by atoms with Crippen LogP contribution in [0.5, 0.6) is 0 Å². The first-order chi connectivity index (χ1) is 11.1. The minimum atomic E-state index is -0.419. The molecular weight excluding hydrogens is 292 g/mol. The van der Waals surface area contributed by atoms with Crippen LogP contribution >= 0.6 is 0 Å². The molecular formula is C17H20N4O2. The van der Waals surface area contributed by atoms with E-state index in [-0.39, 0.29) is 5.69 Å². The SMILES string of the molecule is CN(c1ccccc1)C1CCN(c2ccc([N+](=O)[O-])cn2)CC1. The average Bonchev–Trinajstić information content (AvgIpc) is 2.62. The van der Waals surface area contributed by atoms with Crippen LogP contribution in [0, 0.1) is 10.1 Å². The summed E-state index contributed by atoms with van der Waals surface area (Å²) in [5, 5.41) is 10.7. The van der Waals surface area contributed by atoms with E-state index in [4.69, 9.17) is 0 Å². The number of para-hydroxylation sites is 1. The van der Waals surface area contributed by atoms with Gasteiger partial charge in [-0.3, -0.25) is 10.1 Å². The number of nitro groups is 1. The fourth-order valence-corrected chi connectivity index (χ4v) is 3.03. The van der Waals surface area contributed by atoms with Gasteiger partial charge in [-0.15, -0.1) is 0 Å². The number of aromatic nitrogens is 1. The van der Waals surface area contributed by atoms with E-state index >= 15 is 0 Å². The van der Waals surface area contributed by atoms with Crippen LogP contribution in [-0.4, -0.2) is 36.1 Å². The monoisotopic (exact) mass is 312 g/mol. The molecule has 3 rings (SSSR count). The molecule has 0 amide bonds. The van der Waals surface area contributed by atoms with Crippen molar-refractivity contribution >= 4 is 17.2 Å². The standard InChI is InChI=1S/C17H20N4O2/c1-19(14-5-3-2-4-6-14)15-9-11-20(12-10-15)17-8-7-16(13-18-17)21(22)23/h2-8,13,15H,9-12H2,1H3. The number of benzene rings is 1. The quantitative estimate of drug-likeness (QED) is 0.641. The lowest BCUT2D eigenvalue weighted by Crippen LogP contribution is -2.43. The fraction of sp³-hybridized carbons (Fsp3) is 0.353. The number of pyridine rings is 1. The van der Waals surface area contributed by atoms with Crippen molar-refractivity contribution in [1.29, 1.82) is 0 Å². The van der Waals surface area contributed by atoms with Crippen LogP contribution in [0.4, 0.5) is 17.2 Å². The van der Waals surface area contributed by atoms with Crippen molar-refractivity contribution in [2.24, 2.45) is 0 Å². The van der Waals surface area contributed by atoms with Crippen molar-refractivity contribution in [3.05, 3.63) is 58.8 Å². The highest BCUT2D eigenvalue weighted by Gasteiger charge is 2.23. The maximum Gasteiger partial charge on any atom is 0.287 e. The molecule has 0 aliphatic carbocycles. The summed E-state index contributed by atoms with van der Waals surface area (Å²) in [5.74, 6) is 0.816. The number of rotatable bonds is 4. The van der Waals surface area contributed by atoms with E-state index in [0.29, 0.717) is 6.04 Å². The number of anilines is 2. The lowest BCUT2D eigenvalue weighted by Gasteiger charge is -2.38. The predicted molar refractivity (Wildman–Crippen MR) is 91.0 cm³/mol. The lowest BCUT2D eigenvalue weighted by molar-refractivity contribution is -0.385. The third-order valence-electron chi connectivity index (χ3n) is 4.44. The Hall–Kier alpha value is -2.63. The van der Waals surface area contributed by atoms with Crippen LogP contribution < -0.4 is 9.80 Å². The smallest absolute Gasteiger partial charge is 0.287 e. The van der Waals surface area contributed by atoms with Crippen molar-refractivity contribution in [3.8, 4) is 0 Å². The molecule has 0 spiro atoms. The summed E-state index contributed by atoms with van der Waals surface area (Å²) in [7, 11) is 2.14. The molecule has 1 aromatic heterocycles. The fourth-order valence-electron chi connectivity index (χ4n) is 3.03. The molecule has 0 unspecified atom stereocenters. The van der Waals surface area contributed by atoms with Gasteiger partial charge in [-0.05, 0) is 31.0 Å². The van der Waals surface area contributed by atoms with Gasteiger partial charge in [-0.25, -0.2) is 4.98 Å². The van der Waals surface area contributed by atoms with E-state index < -0.39 is 4.92 Å². The lowest BCUT2D eigenvalue weighted by atomic mass is 10.0. The normalized spacial score (nSPS) is 15.4. The zero-order chi connectivity index (χ0) is 16.2. The van der Waals surface area contributed by atoms with Gasteiger partial charge in [0.1, 0.15) is 12.0 Å². The Kier molecular flexibility index (Phi) is 4.41. The van der Waals surface area contributed by atoms with Gasteiger partial charge in [0.15, 0.2) is 0 Å². The molecule has 1 saturated heterocycles. The molecule has 1 aliphatic rings. The second kappa shape index (κ2) is 6.64. The Balaban J connectivity index is 1.61. The van der Waals surface area contributed by atoms with E-state index in [9.17, 15) is 10.1 Å². The third-order valence-corrected chi connectivity index (χ3v) is 4.44. The maximum atomic E-state index is 10.7. The highest BCUT2D eigenvalue weighted by Crippen LogP contribution is 2.25. The highest BCUT2D eigenvalue weighted by atomic mass is 16.6.